The van der Waals surface area contributed by atoms with Gasteiger partial charge < -0.3 is 9.21 Å². The van der Waals surface area contributed by atoms with Crippen molar-refractivity contribution < 1.29 is 41.9 Å². The molecule has 2 rings (SSSR count). The average Bonchev–Trinajstić information content (AvgIpc) is 2.16. The van der Waals surface area contributed by atoms with Crippen LogP contribution in [0.1, 0.15) is 12.7 Å². The molecule has 2 aromatic rings. The molecule has 0 saturated heterocycles. The predicted molar refractivity (Wildman–Crippen MR) is 55.7 cm³/mol. The van der Waals surface area contributed by atoms with Crippen molar-refractivity contribution >= 4 is 16.8 Å². The van der Waals surface area contributed by atoms with E-state index < -0.39 is 0 Å². The van der Waals surface area contributed by atoms with E-state index in [0.717, 1.165) is 0 Å². The minimum absolute atomic E-state index is 0. The molecule has 0 saturated carbocycles. The van der Waals surface area contributed by atoms with Gasteiger partial charge in [0.2, 0.25) is 0 Å². The predicted octanol–water partition coefficient (Wildman–Crippen LogP) is 1.72. The fourth-order valence-corrected chi connectivity index (χ4v) is 1.42. The molecule has 3 nitrogen and oxygen atoms in total. The van der Waals surface area contributed by atoms with Crippen LogP contribution in [0.25, 0.3) is 11.0 Å². The second-order valence-corrected chi connectivity index (χ2v) is 3.38. The summed E-state index contributed by atoms with van der Waals surface area (Å²) in [6.45, 7) is 1.46. The molecule has 0 spiro atoms. The Kier molecular flexibility index (Phi) is 4.57. The summed E-state index contributed by atoms with van der Waals surface area (Å²) in [7, 11) is 0. The van der Waals surface area contributed by atoms with E-state index in [9.17, 15) is 9.59 Å². The molecule has 0 aliphatic heterocycles. The topological polar surface area (TPSA) is 47.3 Å². The second kappa shape index (κ2) is 5.51. The van der Waals surface area contributed by atoms with Gasteiger partial charge in [-0.15, -0.1) is 6.07 Å². The largest absolute Gasteiger partial charge is 3.00 e. The van der Waals surface area contributed by atoms with E-state index in [1.165, 1.54) is 13.0 Å². The van der Waals surface area contributed by atoms with E-state index in [0.29, 0.717) is 16.7 Å². The van der Waals surface area contributed by atoms with Crippen molar-refractivity contribution in [3.63, 3.8) is 0 Å². The van der Waals surface area contributed by atoms with Crippen molar-refractivity contribution in [2.45, 2.75) is 13.3 Å². The summed E-state index contributed by atoms with van der Waals surface area (Å²) in [5, 5.41) is 0.491. The number of fused-ring (bicyclic) bond motifs is 1. The van der Waals surface area contributed by atoms with Crippen molar-refractivity contribution in [3.05, 3.63) is 46.3 Å². The Morgan fingerprint density at radius 3 is 2.94 bits per heavy atom. The van der Waals surface area contributed by atoms with Gasteiger partial charge >= 0.3 is 32.7 Å². The third-order valence-corrected chi connectivity index (χ3v) is 2.05. The molecule has 0 fully saturated rings. The van der Waals surface area contributed by atoms with Crippen molar-refractivity contribution in [1.82, 2.24) is 0 Å². The summed E-state index contributed by atoms with van der Waals surface area (Å²) in [5.74, 6) is 0.381. The van der Waals surface area contributed by atoms with E-state index in [1.54, 1.807) is 18.2 Å². The zero-order valence-electron chi connectivity index (χ0n) is 8.82. The van der Waals surface area contributed by atoms with Crippen LogP contribution >= 0.6 is 0 Å². The normalized spacial score (nSPS) is 9.81. The van der Waals surface area contributed by atoms with Crippen molar-refractivity contribution in [3.8, 4) is 0 Å². The molecule has 16 heavy (non-hydrogen) atoms. The quantitative estimate of drug-likeness (QED) is 0.791. The van der Waals surface area contributed by atoms with E-state index in [2.05, 4.69) is 6.07 Å². The van der Waals surface area contributed by atoms with Crippen molar-refractivity contribution in [1.29, 1.82) is 0 Å². The molecule has 4 heteroatoms. The van der Waals surface area contributed by atoms with Crippen LogP contribution in [0.5, 0.6) is 0 Å². The van der Waals surface area contributed by atoms with E-state index in [1.807, 2.05) is 0 Å². The Morgan fingerprint density at radius 1 is 1.50 bits per heavy atom. The number of Topliss-reactive ketones (excluding diaryl/α,β-unsaturated/α-hetero) is 1. The van der Waals surface area contributed by atoms with Gasteiger partial charge in [-0.05, 0) is 12.3 Å². The van der Waals surface area contributed by atoms with Crippen molar-refractivity contribution in [2.75, 3.05) is 0 Å². The molecule has 1 heterocycles. The van der Waals surface area contributed by atoms with Gasteiger partial charge in [-0.2, -0.15) is 18.2 Å². The summed E-state index contributed by atoms with van der Waals surface area (Å²) < 4.78 is 5.41. The maximum absolute atomic E-state index is 11.6. The van der Waals surface area contributed by atoms with Gasteiger partial charge in [0.1, 0.15) is 17.0 Å². The average molecular weight is 290 g/mol. The van der Waals surface area contributed by atoms with Gasteiger partial charge in [-0.1, -0.05) is 0 Å². The number of carbonyl (C=O) groups excluding carboxylic acids is 1. The number of hydrogen-bond acceptors (Lipinski definition) is 3. The second-order valence-electron chi connectivity index (χ2n) is 3.38. The van der Waals surface area contributed by atoms with Gasteiger partial charge in [-0.25, -0.2) is 0 Å². The third-order valence-electron chi connectivity index (χ3n) is 2.05. The molecule has 1 aromatic heterocycles. The standard InChI is InChI=1S/C12H9O3.Y/c1-8(13)6-9-7-11(14)10-4-2-3-5-12(10)15-9;/h3-5,7H,6H2,1H3;/q-1;+3. The number of ketones is 1. The molecular weight excluding hydrogens is 281 g/mol. The molecule has 0 N–H and O–H groups in total. The maximum atomic E-state index is 11.6. The van der Waals surface area contributed by atoms with Crippen LogP contribution in [0.15, 0.2) is 33.5 Å². The smallest absolute Gasteiger partial charge is 0.486 e. The summed E-state index contributed by atoms with van der Waals surface area (Å²) in [6.07, 6.45) is 0.157. The number of carbonyl (C=O) groups is 1. The third kappa shape index (κ3) is 2.86. The van der Waals surface area contributed by atoms with E-state index in [-0.39, 0.29) is 50.3 Å². The Hall–Kier alpha value is -0.796. The van der Waals surface area contributed by atoms with Gasteiger partial charge in [0.25, 0.3) is 0 Å². The Morgan fingerprint density at radius 2 is 2.25 bits per heavy atom. The Balaban J connectivity index is 0.00000128. The van der Waals surface area contributed by atoms with Gasteiger partial charge in [0.05, 0.1) is 6.42 Å². The first-order chi connectivity index (χ1) is 7.16. The molecule has 0 unspecified atom stereocenters. The van der Waals surface area contributed by atoms with Gasteiger partial charge in [-0.3, -0.25) is 4.79 Å². The first-order valence-corrected chi connectivity index (χ1v) is 4.59. The Labute approximate surface area is 118 Å². The van der Waals surface area contributed by atoms with Crippen LogP contribution in [0.2, 0.25) is 0 Å². The molecule has 0 bridgehead atoms. The minimum Gasteiger partial charge on any atom is -0.486 e. The summed E-state index contributed by atoms with van der Waals surface area (Å²) >= 11 is 0. The number of hydrogen-bond donors (Lipinski definition) is 0. The molecule has 0 aliphatic rings. The van der Waals surface area contributed by atoms with Crippen LogP contribution in [-0.2, 0) is 43.9 Å². The molecular formula is C12H9O3Y+2. The molecule has 76 valence electrons. The zero-order chi connectivity index (χ0) is 10.8. The minimum atomic E-state index is -0.135. The van der Waals surface area contributed by atoms with Crippen LogP contribution in [0.3, 0.4) is 0 Å². The summed E-state index contributed by atoms with van der Waals surface area (Å²) in [5.41, 5.74) is 0.363. The van der Waals surface area contributed by atoms with E-state index in [4.69, 9.17) is 4.42 Å². The van der Waals surface area contributed by atoms with Gasteiger partial charge in [0, 0.05) is 11.6 Å². The van der Waals surface area contributed by atoms with Crippen LogP contribution in [0, 0.1) is 6.07 Å². The molecule has 0 radical (unpaired) electrons. The molecule has 0 aliphatic carbocycles. The van der Waals surface area contributed by atoms with Crippen LogP contribution in [-0.4, -0.2) is 5.78 Å². The zero-order valence-corrected chi connectivity index (χ0v) is 11.7. The summed E-state index contributed by atoms with van der Waals surface area (Å²) in [4.78, 5) is 22.5. The molecule has 0 amide bonds. The molecule has 1 aromatic carbocycles. The van der Waals surface area contributed by atoms with E-state index >= 15 is 0 Å². The SMILES string of the molecule is CC(=O)Cc1cc(=O)c2c[c-]ccc2o1.[Y+3]. The van der Waals surface area contributed by atoms with Gasteiger partial charge in [0.15, 0.2) is 0 Å². The fraction of sp³-hybridized carbons (Fsp3) is 0.167. The van der Waals surface area contributed by atoms with Crippen molar-refractivity contribution in [2.24, 2.45) is 0 Å². The Bertz CT molecular complexity index is 572. The molecule has 0 atom stereocenters. The number of benzene rings is 1. The van der Waals surface area contributed by atoms with Crippen LogP contribution < -0.4 is 5.43 Å². The maximum Gasteiger partial charge on any atom is 3.00 e. The first-order valence-electron chi connectivity index (χ1n) is 4.59. The summed E-state index contributed by atoms with van der Waals surface area (Å²) in [6, 6.07) is 9.09. The fourth-order valence-electron chi connectivity index (χ4n) is 1.42. The first kappa shape index (κ1) is 13.3. The number of rotatable bonds is 2. The van der Waals surface area contributed by atoms with Crippen LogP contribution in [0.4, 0.5) is 0 Å². The monoisotopic (exact) mass is 290 g/mol.